The van der Waals surface area contributed by atoms with E-state index in [0.717, 1.165) is 16.7 Å². The van der Waals surface area contributed by atoms with E-state index in [2.05, 4.69) is 4.98 Å². The highest BCUT2D eigenvalue weighted by atomic mass is 19.1. The van der Waals surface area contributed by atoms with Gasteiger partial charge in [-0.1, -0.05) is 31.1 Å². The largest absolute Gasteiger partial charge is 0.468 e. The summed E-state index contributed by atoms with van der Waals surface area (Å²) in [5.41, 5.74) is 4.55. The van der Waals surface area contributed by atoms with Crippen molar-refractivity contribution in [1.29, 1.82) is 0 Å². The van der Waals surface area contributed by atoms with E-state index in [1.807, 2.05) is 32.9 Å². The fourth-order valence-corrected chi connectivity index (χ4v) is 3.54. The maximum absolute atomic E-state index is 13.6. The number of ketones is 1. The lowest BCUT2D eigenvalue weighted by Crippen LogP contribution is -2.26. The lowest BCUT2D eigenvalue weighted by molar-refractivity contribution is -0.148. The number of ether oxygens (including phenoxy) is 1. The molecule has 1 unspecified atom stereocenters. The van der Waals surface area contributed by atoms with Gasteiger partial charge < -0.3 is 4.74 Å². The van der Waals surface area contributed by atoms with Crippen molar-refractivity contribution in [3.8, 4) is 0 Å². The van der Waals surface area contributed by atoms with Crippen molar-refractivity contribution in [3.63, 3.8) is 0 Å². The number of carbonyl (C=O) groups excluding carboxylic acids is 2. The zero-order valence-corrected chi connectivity index (χ0v) is 18.2. The number of carbonyl (C=O) groups is 2. The van der Waals surface area contributed by atoms with Crippen molar-refractivity contribution in [2.24, 2.45) is 5.92 Å². The Morgan fingerprint density at radius 3 is 2.03 bits per heavy atom. The first-order valence-corrected chi connectivity index (χ1v) is 9.98. The Labute approximate surface area is 177 Å². The van der Waals surface area contributed by atoms with E-state index in [4.69, 9.17) is 4.74 Å². The van der Waals surface area contributed by atoms with Gasteiger partial charge in [-0.05, 0) is 73.7 Å². The lowest BCUT2D eigenvalue weighted by atomic mass is 9.83. The van der Waals surface area contributed by atoms with Crippen LogP contribution in [-0.2, 0) is 14.3 Å². The molecule has 0 aliphatic rings. The van der Waals surface area contributed by atoms with Gasteiger partial charge in [0.15, 0.2) is 5.78 Å². The number of rotatable bonds is 8. The molecular formula is C25H28FNO3. The highest BCUT2D eigenvalue weighted by Crippen LogP contribution is 2.37. The topological polar surface area (TPSA) is 56.3 Å². The number of allylic oxidation sites excluding steroid dienone is 4. The number of methoxy groups -OCH3 is 1. The quantitative estimate of drug-likeness (QED) is 0.245. The highest BCUT2D eigenvalue weighted by molar-refractivity contribution is 6.19. The Morgan fingerprint density at radius 1 is 0.967 bits per heavy atom. The number of hydrogen-bond acceptors (Lipinski definition) is 4. The van der Waals surface area contributed by atoms with Crippen LogP contribution >= 0.6 is 0 Å². The molecule has 0 saturated heterocycles. The minimum atomic E-state index is -0.869. The van der Waals surface area contributed by atoms with Gasteiger partial charge >= 0.3 is 5.97 Å². The second kappa shape index (κ2) is 10.6. The van der Waals surface area contributed by atoms with Crippen LogP contribution in [0.5, 0.6) is 0 Å². The zero-order valence-electron chi connectivity index (χ0n) is 18.2. The summed E-state index contributed by atoms with van der Waals surface area (Å²) < 4.78 is 18.5. The molecule has 4 nitrogen and oxygen atoms in total. The van der Waals surface area contributed by atoms with Crippen LogP contribution in [0.1, 0.15) is 51.7 Å². The van der Waals surface area contributed by atoms with Crippen LogP contribution in [0.2, 0.25) is 0 Å². The van der Waals surface area contributed by atoms with Crippen molar-refractivity contribution in [1.82, 2.24) is 4.98 Å². The van der Waals surface area contributed by atoms with Gasteiger partial charge in [0.05, 0.1) is 7.11 Å². The van der Waals surface area contributed by atoms with Crippen LogP contribution in [0.4, 0.5) is 4.39 Å². The van der Waals surface area contributed by atoms with Gasteiger partial charge in [0, 0.05) is 18.0 Å². The Bertz CT molecular complexity index is 956. The first-order valence-electron chi connectivity index (χ1n) is 9.98. The summed E-state index contributed by atoms with van der Waals surface area (Å²) in [6.07, 6.45) is 4.45. The van der Waals surface area contributed by atoms with Crippen molar-refractivity contribution >= 4 is 22.9 Å². The van der Waals surface area contributed by atoms with E-state index in [9.17, 15) is 14.0 Å². The molecular weight excluding hydrogens is 381 g/mol. The molecule has 0 saturated carbocycles. The molecule has 30 heavy (non-hydrogen) atoms. The first kappa shape index (κ1) is 23.2. The van der Waals surface area contributed by atoms with E-state index in [1.165, 1.54) is 19.2 Å². The Morgan fingerprint density at radius 2 is 1.53 bits per heavy atom. The van der Waals surface area contributed by atoms with Gasteiger partial charge in [-0.2, -0.15) is 0 Å². The highest BCUT2D eigenvalue weighted by Gasteiger charge is 2.30. The molecule has 1 heterocycles. The summed E-state index contributed by atoms with van der Waals surface area (Å²) in [5, 5.41) is 0. The van der Waals surface area contributed by atoms with Crippen LogP contribution < -0.4 is 0 Å². The molecule has 0 aliphatic heterocycles. The molecule has 2 aromatic rings. The van der Waals surface area contributed by atoms with Gasteiger partial charge in [-0.25, -0.2) is 4.39 Å². The van der Waals surface area contributed by atoms with Gasteiger partial charge in [0.1, 0.15) is 11.7 Å². The third-order valence-corrected chi connectivity index (χ3v) is 4.98. The van der Waals surface area contributed by atoms with Crippen LogP contribution in [-0.4, -0.2) is 23.8 Å². The van der Waals surface area contributed by atoms with Crippen molar-refractivity contribution in [2.75, 3.05) is 7.11 Å². The molecule has 1 aromatic heterocycles. The molecule has 0 N–H and O–H groups in total. The summed E-state index contributed by atoms with van der Waals surface area (Å²) in [4.78, 5) is 29.8. The molecule has 5 heteroatoms. The second-order valence-corrected chi connectivity index (χ2v) is 7.35. The van der Waals surface area contributed by atoms with E-state index in [0.29, 0.717) is 29.6 Å². The molecule has 0 fully saturated rings. The second-order valence-electron chi connectivity index (χ2n) is 7.35. The normalized spacial score (nSPS) is 12.6. The van der Waals surface area contributed by atoms with Crippen molar-refractivity contribution in [3.05, 3.63) is 76.9 Å². The molecule has 0 aliphatic carbocycles. The zero-order chi connectivity index (χ0) is 22.3. The molecule has 1 aromatic carbocycles. The Balaban J connectivity index is 2.77. The minimum Gasteiger partial charge on any atom is -0.468 e. The van der Waals surface area contributed by atoms with Gasteiger partial charge in [-0.15, -0.1) is 0 Å². The standard InChI is InChI=1S/C25H28FNO3/c1-6-7-21(25(29)30-5)24(28)17(4)23(18-8-10-20(26)11-9-18)22(16(2)3)19-12-14-27-15-13-19/h8-15,21H,6-7H2,1-5H3/b23-17+. The van der Waals surface area contributed by atoms with Gasteiger partial charge in [-0.3, -0.25) is 14.6 Å². The summed E-state index contributed by atoms with van der Waals surface area (Å²) in [6.45, 7) is 7.56. The maximum Gasteiger partial charge on any atom is 0.316 e. The summed E-state index contributed by atoms with van der Waals surface area (Å²) in [7, 11) is 1.29. The fourth-order valence-electron chi connectivity index (χ4n) is 3.54. The monoisotopic (exact) mass is 409 g/mol. The molecule has 0 spiro atoms. The van der Waals surface area contributed by atoms with E-state index in [-0.39, 0.29) is 11.6 Å². The molecule has 0 amide bonds. The average Bonchev–Trinajstić information content (AvgIpc) is 2.75. The maximum atomic E-state index is 13.6. The number of benzene rings is 1. The predicted octanol–water partition coefficient (Wildman–Crippen LogP) is 5.65. The Kier molecular flexibility index (Phi) is 8.22. The van der Waals surface area contributed by atoms with Crippen LogP contribution in [0.15, 0.2) is 59.9 Å². The van der Waals surface area contributed by atoms with Crippen molar-refractivity contribution < 1.29 is 18.7 Å². The lowest BCUT2D eigenvalue weighted by Gasteiger charge is -2.21. The van der Waals surface area contributed by atoms with Crippen LogP contribution in [0.25, 0.3) is 11.1 Å². The van der Waals surface area contributed by atoms with E-state index >= 15 is 0 Å². The van der Waals surface area contributed by atoms with E-state index < -0.39 is 11.9 Å². The SMILES string of the molecule is CCCC(C(=O)OC)C(=O)/C(C)=C(/C(=C(C)C)c1ccncc1)c1ccc(F)cc1. The van der Waals surface area contributed by atoms with Crippen LogP contribution in [0, 0.1) is 11.7 Å². The molecule has 0 radical (unpaired) electrons. The molecule has 2 rings (SSSR count). The number of esters is 1. The fraction of sp³-hybridized carbons (Fsp3) is 0.320. The van der Waals surface area contributed by atoms with Gasteiger partial charge in [0.25, 0.3) is 0 Å². The summed E-state index contributed by atoms with van der Waals surface area (Å²) >= 11 is 0. The molecule has 1 atom stereocenters. The molecule has 0 bridgehead atoms. The summed E-state index contributed by atoms with van der Waals surface area (Å²) in [6, 6.07) is 9.77. The number of aromatic nitrogens is 1. The van der Waals surface area contributed by atoms with Crippen LogP contribution in [0.3, 0.4) is 0 Å². The number of halogens is 1. The van der Waals surface area contributed by atoms with Gasteiger partial charge in [0.2, 0.25) is 0 Å². The third kappa shape index (κ3) is 5.29. The number of nitrogens with zero attached hydrogens (tertiary/aromatic N) is 1. The van der Waals surface area contributed by atoms with E-state index in [1.54, 1.807) is 31.5 Å². The van der Waals surface area contributed by atoms with Crippen molar-refractivity contribution in [2.45, 2.75) is 40.5 Å². The average molecular weight is 410 g/mol. The summed E-state index contributed by atoms with van der Waals surface area (Å²) in [5.74, 6) is -2.05. The predicted molar refractivity (Wildman–Crippen MR) is 117 cm³/mol. The smallest absolute Gasteiger partial charge is 0.316 e. The molecule has 158 valence electrons. The number of hydrogen-bond donors (Lipinski definition) is 0. The first-order chi connectivity index (χ1) is 14.3. The third-order valence-electron chi connectivity index (χ3n) is 4.98. The Hall–Kier alpha value is -3.08. The number of Topliss-reactive ketones (excluding diaryl/α,β-unsaturated/α-hetero) is 1. The number of pyridine rings is 1. The minimum absolute atomic E-state index is 0.282.